The minimum atomic E-state index is -4.91. The number of allylic oxidation sites excluding steroid dienone is 1. The molecule has 3 nitrogen and oxygen atoms in total. The zero-order valence-corrected chi connectivity index (χ0v) is 20.8. The van der Waals surface area contributed by atoms with E-state index in [9.17, 15) is 31.4 Å². The molecule has 2 aromatic rings. The number of fused-ring (bicyclic) bond motifs is 3. The van der Waals surface area contributed by atoms with E-state index in [1.807, 2.05) is 32.1 Å². The molecule has 5 unspecified atom stereocenters. The Labute approximate surface area is 212 Å². The molecular formula is C28H31F6N2O+. The highest BCUT2D eigenvalue weighted by Gasteiger charge is 2.54. The van der Waals surface area contributed by atoms with Crippen molar-refractivity contribution >= 4 is 6.08 Å². The van der Waals surface area contributed by atoms with Gasteiger partial charge in [0.25, 0.3) is 0 Å². The number of hydrogen-bond donors (Lipinski definition) is 1. The summed E-state index contributed by atoms with van der Waals surface area (Å²) < 4.78 is 81.6. The highest BCUT2D eigenvalue weighted by Crippen LogP contribution is 2.48. The summed E-state index contributed by atoms with van der Waals surface area (Å²) in [6.07, 6.45) is -2.29. The van der Waals surface area contributed by atoms with Crippen molar-refractivity contribution in [3.05, 3.63) is 82.7 Å². The number of hydrogen-bond acceptors (Lipinski definition) is 2. The number of aliphatic hydroxyl groups is 1. The van der Waals surface area contributed by atoms with Crippen LogP contribution in [0.4, 0.5) is 26.3 Å². The number of benzene rings is 1. The minimum Gasteiger partial charge on any atom is -0.382 e. The van der Waals surface area contributed by atoms with Crippen LogP contribution in [0.3, 0.4) is 0 Å². The van der Waals surface area contributed by atoms with Crippen LogP contribution in [0.25, 0.3) is 6.08 Å². The lowest BCUT2D eigenvalue weighted by Gasteiger charge is -2.58. The molecule has 3 fully saturated rings. The predicted molar refractivity (Wildman–Crippen MR) is 129 cm³/mol. The number of alkyl halides is 6. The first-order chi connectivity index (χ1) is 17.3. The normalized spacial score (nSPS) is 27.0. The van der Waals surface area contributed by atoms with Gasteiger partial charge >= 0.3 is 12.4 Å². The molecule has 5 rings (SSSR count). The van der Waals surface area contributed by atoms with Gasteiger partial charge in [-0.2, -0.15) is 26.3 Å². The second kappa shape index (κ2) is 9.91. The van der Waals surface area contributed by atoms with Gasteiger partial charge in [-0.3, -0.25) is 4.98 Å². The van der Waals surface area contributed by atoms with Gasteiger partial charge in [0, 0.05) is 41.8 Å². The maximum absolute atomic E-state index is 13.6. The Hall–Kier alpha value is -2.65. The number of halogens is 6. The third-order valence-corrected chi connectivity index (χ3v) is 8.06. The van der Waals surface area contributed by atoms with Crippen LogP contribution >= 0.6 is 0 Å². The standard InChI is InChI=1S/C28H31F6N2O/c1-4-6-23-17(3)35-9-7-24(23)26(37)25-13-20-8-10-36(25,16-19(20)5-2)15-18-11-21(27(29,30)31)14-22(12-18)28(32,33)34/h4-7,9,11-12,14,19-20,25-26,37H,2,8,10,13,15-16H2,1,3H3/q+1. The molecule has 200 valence electrons. The molecule has 2 bridgehead atoms. The fraction of sp³-hybridized carbons (Fsp3) is 0.464. The van der Waals surface area contributed by atoms with Crippen molar-refractivity contribution in [2.75, 3.05) is 13.1 Å². The number of pyridine rings is 1. The molecule has 4 heterocycles. The number of aliphatic hydroxyl groups excluding tert-OH is 1. The molecule has 0 radical (unpaired) electrons. The third-order valence-electron chi connectivity index (χ3n) is 8.06. The average molecular weight is 526 g/mol. The minimum absolute atomic E-state index is 0.0397. The molecule has 9 heteroatoms. The SMILES string of the molecule is C=CC1C[N+]2(Cc3cc(C(F)(F)F)cc(C(F)(F)F)c3)CCC1CC2C(O)c1ccnc(C)c1C=CC. The summed E-state index contributed by atoms with van der Waals surface area (Å²) >= 11 is 0. The maximum atomic E-state index is 13.6. The lowest BCUT2D eigenvalue weighted by atomic mass is 9.71. The Morgan fingerprint density at radius 2 is 1.78 bits per heavy atom. The van der Waals surface area contributed by atoms with E-state index in [1.54, 1.807) is 12.3 Å². The highest BCUT2D eigenvalue weighted by molar-refractivity contribution is 5.56. The molecule has 3 aliphatic rings. The quantitative estimate of drug-likeness (QED) is 0.248. The molecule has 0 spiro atoms. The van der Waals surface area contributed by atoms with Crippen molar-refractivity contribution in [1.82, 2.24) is 4.98 Å². The zero-order chi connectivity index (χ0) is 27.2. The second-order valence-electron chi connectivity index (χ2n) is 10.3. The maximum Gasteiger partial charge on any atom is 0.416 e. The first kappa shape index (κ1) is 27.4. The number of aromatic nitrogens is 1. The van der Waals surface area contributed by atoms with Gasteiger partial charge in [-0.05, 0) is 49.6 Å². The molecule has 1 aromatic carbocycles. The molecule has 37 heavy (non-hydrogen) atoms. The Morgan fingerprint density at radius 1 is 1.14 bits per heavy atom. The topological polar surface area (TPSA) is 33.1 Å². The van der Waals surface area contributed by atoms with Crippen LogP contribution in [-0.4, -0.2) is 33.7 Å². The molecule has 0 aliphatic carbocycles. The van der Waals surface area contributed by atoms with Gasteiger partial charge in [0.1, 0.15) is 18.7 Å². The van der Waals surface area contributed by atoms with Crippen LogP contribution < -0.4 is 0 Å². The average Bonchev–Trinajstić information content (AvgIpc) is 2.83. The lowest BCUT2D eigenvalue weighted by Crippen LogP contribution is -2.67. The Morgan fingerprint density at radius 3 is 2.35 bits per heavy atom. The smallest absolute Gasteiger partial charge is 0.382 e. The fourth-order valence-electron chi connectivity index (χ4n) is 6.30. The summed E-state index contributed by atoms with van der Waals surface area (Å²) in [6, 6.07) is 3.14. The van der Waals surface area contributed by atoms with E-state index in [2.05, 4.69) is 11.6 Å². The van der Waals surface area contributed by atoms with Crippen molar-refractivity contribution in [3.63, 3.8) is 0 Å². The van der Waals surface area contributed by atoms with Crippen LogP contribution in [0.2, 0.25) is 0 Å². The number of piperidine rings is 3. The molecule has 1 N–H and O–H groups in total. The predicted octanol–water partition coefficient (Wildman–Crippen LogP) is 7.11. The molecule has 3 saturated heterocycles. The van der Waals surface area contributed by atoms with E-state index in [1.165, 1.54) is 0 Å². The van der Waals surface area contributed by atoms with Crippen molar-refractivity contribution in [1.29, 1.82) is 0 Å². The molecular weight excluding hydrogens is 494 g/mol. The van der Waals surface area contributed by atoms with Gasteiger partial charge in [-0.25, -0.2) is 0 Å². The molecule has 1 aromatic heterocycles. The van der Waals surface area contributed by atoms with Gasteiger partial charge in [0.2, 0.25) is 0 Å². The van der Waals surface area contributed by atoms with Gasteiger partial charge < -0.3 is 9.59 Å². The van der Waals surface area contributed by atoms with Crippen LogP contribution in [0.1, 0.15) is 59.4 Å². The first-order valence-electron chi connectivity index (χ1n) is 12.3. The Balaban J connectivity index is 1.81. The third kappa shape index (κ3) is 5.34. The number of nitrogens with zero attached hydrogens (tertiary/aromatic N) is 2. The molecule has 0 saturated carbocycles. The van der Waals surface area contributed by atoms with E-state index < -0.39 is 35.6 Å². The van der Waals surface area contributed by atoms with E-state index in [0.29, 0.717) is 25.1 Å². The lowest BCUT2D eigenvalue weighted by molar-refractivity contribution is -0.985. The largest absolute Gasteiger partial charge is 0.416 e. The van der Waals surface area contributed by atoms with Crippen LogP contribution in [0.15, 0.2) is 49.2 Å². The van der Waals surface area contributed by atoms with Crippen molar-refractivity contribution in [2.24, 2.45) is 11.8 Å². The number of aryl methyl sites for hydroxylation is 1. The van der Waals surface area contributed by atoms with Gasteiger partial charge in [0.15, 0.2) is 0 Å². The summed E-state index contributed by atoms with van der Waals surface area (Å²) in [5, 5.41) is 11.7. The molecule has 3 aliphatic heterocycles. The summed E-state index contributed by atoms with van der Waals surface area (Å²) in [5.74, 6) is 0.316. The molecule has 5 atom stereocenters. The molecule has 0 amide bonds. The van der Waals surface area contributed by atoms with Crippen LogP contribution in [-0.2, 0) is 18.9 Å². The van der Waals surface area contributed by atoms with Crippen molar-refractivity contribution in [3.8, 4) is 0 Å². The van der Waals surface area contributed by atoms with E-state index in [4.69, 9.17) is 0 Å². The monoisotopic (exact) mass is 525 g/mol. The summed E-state index contributed by atoms with van der Waals surface area (Å²) in [6.45, 7) is 8.61. The van der Waals surface area contributed by atoms with Gasteiger partial charge in [-0.15, -0.1) is 6.58 Å². The van der Waals surface area contributed by atoms with Crippen molar-refractivity contribution in [2.45, 2.75) is 57.7 Å². The second-order valence-corrected chi connectivity index (χ2v) is 10.3. The summed E-state index contributed by atoms with van der Waals surface area (Å²) in [4.78, 5) is 4.32. The summed E-state index contributed by atoms with van der Waals surface area (Å²) in [5.41, 5.74) is -0.511. The Bertz CT molecular complexity index is 1160. The van der Waals surface area contributed by atoms with Crippen molar-refractivity contribution < 1.29 is 35.9 Å². The number of quaternary nitrogens is 1. The first-order valence-corrected chi connectivity index (χ1v) is 12.3. The van der Waals surface area contributed by atoms with Crippen LogP contribution in [0, 0.1) is 18.8 Å². The summed E-state index contributed by atoms with van der Waals surface area (Å²) in [7, 11) is 0. The van der Waals surface area contributed by atoms with E-state index in [0.717, 1.165) is 29.8 Å². The number of rotatable bonds is 6. The van der Waals surface area contributed by atoms with Gasteiger partial charge in [0.05, 0.1) is 24.2 Å². The highest BCUT2D eigenvalue weighted by atomic mass is 19.4. The van der Waals surface area contributed by atoms with Gasteiger partial charge in [-0.1, -0.05) is 18.2 Å². The Kier molecular flexibility index (Phi) is 7.33. The zero-order valence-electron chi connectivity index (χ0n) is 20.8. The fourth-order valence-corrected chi connectivity index (χ4v) is 6.30. The van der Waals surface area contributed by atoms with E-state index in [-0.39, 0.29) is 34.5 Å². The van der Waals surface area contributed by atoms with E-state index >= 15 is 0 Å². The van der Waals surface area contributed by atoms with Crippen LogP contribution in [0.5, 0.6) is 0 Å².